The Labute approximate surface area is 183 Å². The molecule has 1 heterocycles. The van der Waals surface area contributed by atoms with Gasteiger partial charge >= 0.3 is 0 Å². The second kappa shape index (κ2) is 9.58. The highest BCUT2D eigenvalue weighted by molar-refractivity contribution is 5.97. The normalized spacial score (nSPS) is 13.6. The maximum Gasteiger partial charge on any atom is 0.238 e. The number of nitrogens with zero attached hydrogens (tertiary/aromatic N) is 2. The Balaban J connectivity index is 1.39. The number of carbonyl (C=O) groups excluding carboxylic acids is 2. The molecule has 0 radical (unpaired) electrons. The topological polar surface area (TPSA) is 52.7 Å². The summed E-state index contributed by atoms with van der Waals surface area (Å²) in [5.41, 5.74) is 5.08. The van der Waals surface area contributed by atoms with Crippen molar-refractivity contribution in [2.75, 3.05) is 30.4 Å². The van der Waals surface area contributed by atoms with Gasteiger partial charge in [-0.05, 0) is 48.4 Å². The average molecular weight is 414 g/mol. The van der Waals surface area contributed by atoms with Gasteiger partial charge in [0.2, 0.25) is 11.8 Å². The number of carbonyl (C=O) groups is 2. The summed E-state index contributed by atoms with van der Waals surface area (Å²) in [5, 5.41) is 2.97. The number of hydrogen-bond acceptors (Lipinski definition) is 3. The van der Waals surface area contributed by atoms with Crippen LogP contribution >= 0.6 is 0 Å². The largest absolute Gasteiger partial charge is 0.325 e. The van der Waals surface area contributed by atoms with E-state index in [2.05, 4.69) is 29.6 Å². The van der Waals surface area contributed by atoms with Crippen LogP contribution in [-0.2, 0) is 16.1 Å². The van der Waals surface area contributed by atoms with E-state index in [-0.39, 0.29) is 18.4 Å². The zero-order valence-electron chi connectivity index (χ0n) is 17.8. The minimum atomic E-state index is -0.0791. The predicted octanol–water partition coefficient (Wildman–Crippen LogP) is 4.55. The predicted molar refractivity (Wildman–Crippen MR) is 125 cm³/mol. The summed E-state index contributed by atoms with van der Waals surface area (Å²) in [7, 11) is 1.95. The van der Waals surface area contributed by atoms with Gasteiger partial charge in [-0.25, -0.2) is 0 Å². The monoisotopic (exact) mass is 413 g/mol. The molecule has 1 fully saturated rings. The first-order chi connectivity index (χ1) is 15.1. The molecule has 1 saturated heterocycles. The van der Waals surface area contributed by atoms with E-state index in [1.807, 2.05) is 66.5 Å². The molecule has 1 aliphatic heterocycles. The van der Waals surface area contributed by atoms with Crippen molar-refractivity contribution in [1.29, 1.82) is 0 Å². The highest BCUT2D eigenvalue weighted by Crippen LogP contribution is 2.25. The van der Waals surface area contributed by atoms with E-state index in [9.17, 15) is 9.59 Å². The maximum absolute atomic E-state index is 12.6. The minimum Gasteiger partial charge on any atom is -0.325 e. The molecular formula is C26H27N3O2. The van der Waals surface area contributed by atoms with Crippen LogP contribution in [0.3, 0.4) is 0 Å². The van der Waals surface area contributed by atoms with Crippen molar-refractivity contribution in [3.05, 3.63) is 84.4 Å². The molecule has 158 valence electrons. The molecule has 0 aliphatic carbocycles. The van der Waals surface area contributed by atoms with E-state index >= 15 is 0 Å². The van der Waals surface area contributed by atoms with Gasteiger partial charge in [-0.3, -0.25) is 14.5 Å². The van der Waals surface area contributed by atoms with Crippen molar-refractivity contribution in [3.8, 4) is 11.1 Å². The minimum absolute atomic E-state index is 0.0791. The van der Waals surface area contributed by atoms with E-state index in [1.54, 1.807) is 4.90 Å². The van der Waals surface area contributed by atoms with Gasteiger partial charge in [-0.15, -0.1) is 0 Å². The molecular weight excluding hydrogens is 386 g/mol. The second-order valence-corrected chi connectivity index (χ2v) is 7.94. The van der Waals surface area contributed by atoms with E-state index in [4.69, 9.17) is 0 Å². The van der Waals surface area contributed by atoms with Gasteiger partial charge in [-0.2, -0.15) is 0 Å². The van der Waals surface area contributed by atoms with Crippen LogP contribution in [0, 0.1) is 0 Å². The Morgan fingerprint density at radius 2 is 1.77 bits per heavy atom. The van der Waals surface area contributed by atoms with Crippen LogP contribution in [0.25, 0.3) is 11.1 Å². The van der Waals surface area contributed by atoms with Gasteiger partial charge in [0.05, 0.1) is 6.54 Å². The van der Waals surface area contributed by atoms with Crippen molar-refractivity contribution >= 4 is 23.2 Å². The molecule has 0 unspecified atom stereocenters. The molecule has 1 aliphatic rings. The van der Waals surface area contributed by atoms with Crippen molar-refractivity contribution in [2.24, 2.45) is 0 Å². The third-order valence-corrected chi connectivity index (χ3v) is 5.47. The molecule has 3 aromatic rings. The molecule has 1 N–H and O–H groups in total. The van der Waals surface area contributed by atoms with Crippen LogP contribution in [0.1, 0.15) is 18.4 Å². The van der Waals surface area contributed by atoms with Gasteiger partial charge in [0, 0.05) is 30.9 Å². The molecule has 0 atom stereocenters. The summed E-state index contributed by atoms with van der Waals surface area (Å²) >= 11 is 0. The Morgan fingerprint density at radius 3 is 2.55 bits per heavy atom. The lowest BCUT2D eigenvalue weighted by Crippen LogP contribution is -2.30. The molecule has 31 heavy (non-hydrogen) atoms. The van der Waals surface area contributed by atoms with E-state index < -0.39 is 0 Å². The summed E-state index contributed by atoms with van der Waals surface area (Å²) in [6.07, 6.45) is 1.47. The first-order valence-corrected chi connectivity index (χ1v) is 10.6. The molecule has 5 nitrogen and oxygen atoms in total. The summed E-state index contributed by atoms with van der Waals surface area (Å²) in [6, 6.07) is 26.1. The van der Waals surface area contributed by atoms with Crippen LogP contribution in [-0.4, -0.2) is 36.9 Å². The number of amides is 2. The molecule has 5 heteroatoms. The quantitative estimate of drug-likeness (QED) is 0.618. The first-order valence-electron chi connectivity index (χ1n) is 10.6. The van der Waals surface area contributed by atoms with Crippen LogP contribution in [0.15, 0.2) is 78.9 Å². The smallest absolute Gasteiger partial charge is 0.238 e. The van der Waals surface area contributed by atoms with Gasteiger partial charge < -0.3 is 10.2 Å². The molecule has 0 spiro atoms. The van der Waals surface area contributed by atoms with E-state index in [0.29, 0.717) is 18.7 Å². The van der Waals surface area contributed by atoms with Crippen molar-refractivity contribution in [3.63, 3.8) is 0 Å². The Kier molecular flexibility index (Phi) is 6.43. The van der Waals surface area contributed by atoms with Gasteiger partial charge in [0.15, 0.2) is 0 Å². The SMILES string of the molecule is CN(CC(=O)Nc1cccc(N2CCCC2=O)c1)Cc1ccccc1-c1ccccc1. The fourth-order valence-corrected chi connectivity index (χ4v) is 4.02. The lowest BCUT2D eigenvalue weighted by molar-refractivity contribution is -0.117. The lowest BCUT2D eigenvalue weighted by Gasteiger charge is -2.19. The number of rotatable bonds is 7. The van der Waals surface area contributed by atoms with Crippen molar-refractivity contribution in [1.82, 2.24) is 4.90 Å². The number of likely N-dealkylation sites (N-methyl/N-ethyl adjacent to an activating group) is 1. The maximum atomic E-state index is 12.6. The Hall–Kier alpha value is -3.44. The summed E-state index contributed by atoms with van der Waals surface area (Å²) in [6.45, 7) is 1.68. The molecule has 0 saturated carbocycles. The van der Waals surface area contributed by atoms with Crippen molar-refractivity contribution < 1.29 is 9.59 Å². The number of benzene rings is 3. The standard InChI is InChI=1S/C26H27N3O2/c1-28(18-21-11-5-6-14-24(21)20-9-3-2-4-10-20)19-25(30)27-22-12-7-13-23(17-22)29-16-8-15-26(29)31/h2-7,9-14,17H,8,15-16,18-19H2,1H3,(H,27,30). The summed E-state index contributed by atoms with van der Waals surface area (Å²) in [5.74, 6) is 0.0601. The highest BCUT2D eigenvalue weighted by atomic mass is 16.2. The number of hydrogen-bond donors (Lipinski definition) is 1. The fourth-order valence-electron chi connectivity index (χ4n) is 4.02. The lowest BCUT2D eigenvalue weighted by atomic mass is 9.99. The van der Waals surface area contributed by atoms with Crippen molar-refractivity contribution in [2.45, 2.75) is 19.4 Å². The first kappa shape index (κ1) is 20.8. The van der Waals surface area contributed by atoms with Gasteiger partial charge in [0.25, 0.3) is 0 Å². The average Bonchev–Trinajstić information content (AvgIpc) is 3.20. The molecule has 4 rings (SSSR count). The van der Waals surface area contributed by atoms with Crippen LogP contribution in [0.5, 0.6) is 0 Å². The van der Waals surface area contributed by atoms with E-state index in [0.717, 1.165) is 18.7 Å². The fraction of sp³-hybridized carbons (Fsp3) is 0.231. The zero-order chi connectivity index (χ0) is 21.6. The zero-order valence-corrected chi connectivity index (χ0v) is 17.8. The third kappa shape index (κ3) is 5.19. The molecule has 2 amide bonds. The second-order valence-electron chi connectivity index (χ2n) is 7.94. The van der Waals surface area contributed by atoms with Crippen LogP contribution in [0.2, 0.25) is 0 Å². The highest BCUT2D eigenvalue weighted by Gasteiger charge is 2.21. The number of anilines is 2. The van der Waals surface area contributed by atoms with E-state index in [1.165, 1.54) is 16.7 Å². The Bertz CT molecular complexity index is 1070. The number of nitrogens with one attached hydrogen (secondary N) is 1. The molecule has 0 aromatic heterocycles. The van der Waals surface area contributed by atoms with Crippen LogP contribution in [0.4, 0.5) is 11.4 Å². The summed E-state index contributed by atoms with van der Waals surface area (Å²) < 4.78 is 0. The van der Waals surface area contributed by atoms with Gasteiger partial charge in [-0.1, -0.05) is 60.7 Å². The van der Waals surface area contributed by atoms with Crippen LogP contribution < -0.4 is 10.2 Å². The molecule has 3 aromatic carbocycles. The summed E-state index contributed by atoms with van der Waals surface area (Å²) in [4.78, 5) is 28.4. The molecule has 0 bridgehead atoms. The van der Waals surface area contributed by atoms with Gasteiger partial charge in [0.1, 0.15) is 0 Å². The third-order valence-electron chi connectivity index (χ3n) is 5.47. The Morgan fingerprint density at radius 1 is 1.00 bits per heavy atom.